The summed E-state index contributed by atoms with van der Waals surface area (Å²) in [7, 11) is 0. The Morgan fingerprint density at radius 1 is 1.17 bits per heavy atom. The zero-order valence-corrected chi connectivity index (χ0v) is 13.7. The first-order chi connectivity index (χ1) is 11.5. The van der Waals surface area contributed by atoms with Crippen LogP contribution in [0.25, 0.3) is 22.0 Å². The van der Waals surface area contributed by atoms with Gasteiger partial charge in [0.05, 0.1) is 5.52 Å². The first-order valence-electron chi connectivity index (χ1n) is 7.52. The van der Waals surface area contributed by atoms with Gasteiger partial charge >= 0.3 is 0 Å². The van der Waals surface area contributed by atoms with Gasteiger partial charge in [0.25, 0.3) is 0 Å². The van der Waals surface area contributed by atoms with Crippen molar-refractivity contribution in [2.45, 2.75) is 19.4 Å². The molecular formula is C18H17F2N3S. The van der Waals surface area contributed by atoms with E-state index in [0.717, 1.165) is 27.6 Å². The molecule has 1 aromatic heterocycles. The van der Waals surface area contributed by atoms with Gasteiger partial charge < -0.3 is 16.0 Å². The van der Waals surface area contributed by atoms with E-state index >= 15 is 0 Å². The van der Waals surface area contributed by atoms with Crippen LogP contribution in [0.5, 0.6) is 0 Å². The number of hydrogen-bond acceptors (Lipinski definition) is 2. The number of rotatable bonds is 5. The lowest BCUT2D eigenvalue weighted by Crippen LogP contribution is -2.08. The molecule has 124 valence electrons. The molecule has 24 heavy (non-hydrogen) atoms. The fourth-order valence-corrected chi connectivity index (χ4v) is 2.93. The molecule has 6 heteroatoms. The first-order valence-corrected chi connectivity index (χ1v) is 7.93. The monoisotopic (exact) mass is 345 g/mol. The van der Waals surface area contributed by atoms with E-state index in [2.05, 4.69) is 0 Å². The van der Waals surface area contributed by atoms with E-state index in [0.29, 0.717) is 10.7 Å². The number of alkyl halides is 2. The molecule has 0 aliphatic rings. The molecule has 3 rings (SSSR count). The molecule has 0 fully saturated rings. The van der Waals surface area contributed by atoms with Gasteiger partial charge in [0.15, 0.2) is 0 Å². The Bertz CT molecular complexity index is 902. The molecule has 0 aliphatic heterocycles. The minimum Gasteiger partial charge on any atom is -0.399 e. The minimum absolute atomic E-state index is 0.203. The van der Waals surface area contributed by atoms with Gasteiger partial charge in [0.2, 0.25) is 6.43 Å². The van der Waals surface area contributed by atoms with Crippen molar-refractivity contribution in [3.8, 4) is 11.1 Å². The van der Waals surface area contributed by atoms with Gasteiger partial charge in [-0.15, -0.1) is 0 Å². The van der Waals surface area contributed by atoms with Crippen LogP contribution in [0.15, 0.2) is 48.7 Å². The molecule has 0 amide bonds. The van der Waals surface area contributed by atoms with E-state index in [1.807, 2.05) is 47.2 Å². The lowest BCUT2D eigenvalue weighted by atomic mass is 10.0. The Balaban J connectivity index is 2.14. The quantitative estimate of drug-likeness (QED) is 0.539. The summed E-state index contributed by atoms with van der Waals surface area (Å²) >= 11 is 5.03. The molecule has 0 atom stereocenters. The standard InChI is InChI=1S/C18H17F2N3S/c19-17(20)6-7-23-10-15(14-5-4-13(21)9-16(14)23)11-2-1-3-12(8-11)18(22)24/h1-5,8-10,17H,6-7,21H2,(H2,22,24). The Kier molecular flexibility index (Phi) is 4.49. The highest BCUT2D eigenvalue weighted by Gasteiger charge is 2.13. The predicted molar refractivity (Wildman–Crippen MR) is 98.3 cm³/mol. The van der Waals surface area contributed by atoms with Crippen LogP contribution >= 0.6 is 12.2 Å². The smallest absolute Gasteiger partial charge is 0.240 e. The van der Waals surface area contributed by atoms with Crippen LogP contribution in [-0.2, 0) is 6.54 Å². The van der Waals surface area contributed by atoms with Gasteiger partial charge in [-0.1, -0.05) is 36.5 Å². The van der Waals surface area contributed by atoms with Crippen molar-refractivity contribution in [3.63, 3.8) is 0 Å². The Hall–Kier alpha value is -2.47. The van der Waals surface area contributed by atoms with Gasteiger partial charge in [0, 0.05) is 41.4 Å². The number of hydrogen-bond donors (Lipinski definition) is 2. The molecule has 0 saturated heterocycles. The minimum atomic E-state index is -2.34. The zero-order chi connectivity index (χ0) is 17.3. The van der Waals surface area contributed by atoms with Crippen LogP contribution in [0.4, 0.5) is 14.5 Å². The number of halogens is 2. The number of nitrogen functional groups attached to an aromatic ring is 1. The largest absolute Gasteiger partial charge is 0.399 e. The SMILES string of the molecule is NC(=S)c1cccc(-c2cn(CCC(F)F)c3cc(N)ccc23)c1. The highest BCUT2D eigenvalue weighted by atomic mass is 32.1. The number of nitrogens with zero attached hydrogens (tertiary/aromatic N) is 1. The van der Waals surface area contributed by atoms with Gasteiger partial charge in [0.1, 0.15) is 4.99 Å². The molecule has 0 radical (unpaired) electrons. The van der Waals surface area contributed by atoms with Crippen LogP contribution in [0, 0.1) is 0 Å². The van der Waals surface area contributed by atoms with E-state index in [4.69, 9.17) is 23.7 Å². The summed E-state index contributed by atoms with van der Waals surface area (Å²) in [6, 6.07) is 13.1. The normalized spacial score (nSPS) is 11.3. The molecule has 0 unspecified atom stereocenters. The highest BCUT2D eigenvalue weighted by molar-refractivity contribution is 7.80. The van der Waals surface area contributed by atoms with Crippen LogP contribution < -0.4 is 11.5 Å². The van der Waals surface area contributed by atoms with Gasteiger partial charge in [-0.3, -0.25) is 0 Å². The molecule has 4 N–H and O–H groups in total. The third-order valence-corrected chi connectivity index (χ3v) is 4.19. The number of nitrogens with two attached hydrogens (primary N) is 2. The van der Waals surface area contributed by atoms with Crippen LogP contribution in [0.3, 0.4) is 0 Å². The fourth-order valence-electron chi connectivity index (χ4n) is 2.80. The predicted octanol–water partition coefficient (Wildman–Crippen LogP) is 4.18. The van der Waals surface area contributed by atoms with E-state index in [9.17, 15) is 8.78 Å². The number of thiocarbonyl (C=S) groups is 1. The van der Waals surface area contributed by atoms with Crippen molar-refractivity contribution in [1.29, 1.82) is 0 Å². The van der Waals surface area contributed by atoms with Crippen molar-refractivity contribution in [1.82, 2.24) is 4.57 Å². The first kappa shape index (κ1) is 16.4. The number of aromatic nitrogens is 1. The lowest BCUT2D eigenvalue weighted by Gasteiger charge is -2.05. The van der Waals surface area contributed by atoms with Crippen LogP contribution in [0.2, 0.25) is 0 Å². The van der Waals surface area contributed by atoms with Gasteiger partial charge in [-0.2, -0.15) is 0 Å². The second-order valence-corrected chi connectivity index (χ2v) is 6.08. The number of benzene rings is 2. The molecule has 0 spiro atoms. The topological polar surface area (TPSA) is 57.0 Å². The fraction of sp³-hybridized carbons (Fsp3) is 0.167. The molecular weight excluding hydrogens is 328 g/mol. The second-order valence-electron chi connectivity index (χ2n) is 5.64. The summed E-state index contributed by atoms with van der Waals surface area (Å²) in [4.78, 5) is 0.322. The van der Waals surface area contributed by atoms with Crippen LogP contribution in [-0.4, -0.2) is 16.0 Å². The van der Waals surface area contributed by atoms with E-state index in [1.165, 1.54) is 0 Å². The average molecular weight is 345 g/mol. The summed E-state index contributed by atoms with van der Waals surface area (Å²) in [5.41, 5.74) is 15.7. The summed E-state index contributed by atoms with van der Waals surface area (Å²) < 4.78 is 27.0. The zero-order valence-electron chi connectivity index (χ0n) is 12.9. The highest BCUT2D eigenvalue weighted by Crippen LogP contribution is 2.32. The summed E-state index contributed by atoms with van der Waals surface area (Å²) in [6.45, 7) is 0.229. The maximum Gasteiger partial charge on any atom is 0.240 e. The summed E-state index contributed by atoms with van der Waals surface area (Å²) in [6.07, 6.45) is -0.666. The number of anilines is 1. The van der Waals surface area contributed by atoms with Gasteiger partial charge in [-0.25, -0.2) is 8.78 Å². The van der Waals surface area contributed by atoms with E-state index < -0.39 is 6.43 Å². The maximum atomic E-state index is 12.6. The van der Waals surface area contributed by atoms with Crippen LogP contribution in [0.1, 0.15) is 12.0 Å². The summed E-state index contributed by atoms with van der Waals surface area (Å²) in [5.74, 6) is 0. The molecule has 0 saturated carbocycles. The number of aryl methyl sites for hydroxylation is 1. The van der Waals surface area contributed by atoms with Crippen molar-refractivity contribution in [3.05, 3.63) is 54.2 Å². The van der Waals surface area contributed by atoms with Crippen molar-refractivity contribution < 1.29 is 8.78 Å². The maximum absolute atomic E-state index is 12.6. The van der Waals surface area contributed by atoms with Crippen molar-refractivity contribution in [2.24, 2.45) is 5.73 Å². The third-order valence-electron chi connectivity index (χ3n) is 3.95. The van der Waals surface area contributed by atoms with Crippen molar-refractivity contribution in [2.75, 3.05) is 5.73 Å². The van der Waals surface area contributed by atoms with Crippen molar-refractivity contribution >= 4 is 33.8 Å². The Morgan fingerprint density at radius 3 is 2.67 bits per heavy atom. The molecule has 0 bridgehead atoms. The molecule has 3 aromatic rings. The Morgan fingerprint density at radius 2 is 1.96 bits per heavy atom. The van der Waals surface area contributed by atoms with E-state index in [-0.39, 0.29) is 13.0 Å². The molecule has 3 nitrogen and oxygen atoms in total. The third kappa shape index (κ3) is 3.23. The molecule has 1 heterocycles. The van der Waals surface area contributed by atoms with Gasteiger partial charge in [-0.05, 0) is 23.8 Å². The average Bonchev–Trinajstić information content (AvgIpc) is 2.91. The molecule has 0 aliphatic carbocycles. The second kappa shape index (κ2) is 6.57. The Labute approximate surface area is 143 Å². The number of fused-ring (bicyclic) bond motifs is 1. The molecule has 2 aromatic carbocycles. The summed E-state index contributed by atoms with van der Waals surface area (Å²) in [5, 5.41) is 0.957. The lowest BCUT2D eigenvalue weighted by molar-refractivity contribution is 0.132. The van der Waals surface area contributed by atoms with E-state index in [1.54, 1.807) is 6.07 Å².